The van der Waals surface area contributed by atoms with Gasteiger partial charge in [0.25, 0.3) is 5.91 Å². The molecule has 0 atom stereocenters. The normalized spacial score (nSPS) is 13.9. The zero-order valence-corrected chi connectivity index (χ0v) is 24.2. The second-order valence-electron chi connectivity index (χ2n) is 9.80. The number of nitrogens with zero attached hydrogens (tertiary/aromatic N) is 4. The van der Waals surface area contributed by atoms with Gasteiger partial charge in [-0.25, -0.2) is 9.97 Å². The number of carbonyl (C=O) groups is 1. The summed E-state index contributed by atoms with van der Waals surface area (Å²) in [5.41, 5.74) is 6.98. The molecule has 1 amide bonds. The molecule has 1 aliphatic heterocycles. The van der Waals surface area contributed by atoms with Crippen LogP contribution in [0.15, 0.2) is 59.8 Å². The number of thioether (sulfide) groups is 1. The van der Waals surface area contributed by atoms with Crippen LogP contribution in [0.2, 0.25) is 5.15 Å². The standard InChI is InChI=1S/C29H34ClF3N6OS/c30-25-19-26(39-15-13-38(14-16-39)24-10-6-9-23(18-24)29(31,32)33)37-28(36-25)41-20-21-7-5-8-22(17-21)27(40)35-12-4-2-1-3-11-34/h5-10,17-19H,1-4,11-16,20,34H2,(H,35,40). The van der Waals surface area contributed by atoms with E-state index >= 15 is 0 Å². The van der Waals surface area contributed by atoms with Crippen molar-refractivity contribution in [2.75, 3.05) is 49.1 Å². The van der Waals surface area contributed by atoms with Gasteiger partial charge in [-0.05, 0) is 55.3 Å². The number of unbranched alkanes of at least 4 members (excludes halogenated alkanes) is 3. The number of nitrogens with two attached hydrogens (primary N) is 1. The van der Waals surface area contributed by atoms with Crippen LogP contribution < -0.4 is 20.9 Å². The first-order chi connectivity index (χ1) is 19.7. The Kier molecular flexibility index (Phi) is 11.1. The van der Waals surface area contributed by atoms with Gasteiger partial charge in [-0.15, -0.1) is 0 Å². The van der Waals surface area contributed by atoms with E-state index in [0.717, 1.165) is 37.3 Å². The van der Waals surface area contributed by atoms with E-state index in [2.05, 4.69) is 20.2 Å². The van der Waals surface area contributed by atoms with Crippen LogP contribution >= 0.6 is 23.4 Å². The van der Waals surface area contributed by atoms with Crippen molar-refractivity contribution in [3.63, 3.8) is 0 Å². The topological polar surface area (TPSA) is 87.4 Å². The molecule has 7 nitrogen and oxygen atoms in total. The molecule has 2 aromatic carbocycles. The molecule has 1 saturated heterocycles. The molecule has 0 unspecified atom stereocenters. The number of benzene rings is 2. The smallest absolute Gasteiger partial charge is 0.368 e. The first kappa shape index (κ1) is 30.9. The second kappa shape index (κ2) is 14.7. The predicted molar refractivity (Wildman–Crippen MR) is 159 cm³/mol. The van der Waals surface area contributed by atoms with E-state index < -0.39 is 11.7 Å². The first-order valence-electron chi connectivity index (χ1n) is 13.6. The zero-order chi connectivity index (χ0) is 29.2. The van der Waals surface area contributed by atoms with Crippen molar-refractivity contribution < 1.29 is 18.0 Å². The Balaban J connectivity index is 1.31. The molecule has 3 aromatic rings. The number of amides is 1. The fraction of sp³-hybridized carbons (Fsp3) is 0.414. The van der Waals surface area contributed by atoms with Gasteiger partial charge in [-0.2, -0.15) is 13.2 Å². The number of halogens is 4. The molecule has 220 valence electrons. The Morgan fingerprint density at radius 2 is 1.68 bits per heavy atom. The molecule has 0 radical (unpaired) electrons. The Morgan fingerprint density at radius 1 is 0.951 bits per heavy atom. The Hall–Kier alpha value is -3.02. The fourth-order valence-corrected chi connectivity index (χ4v) is 5.59. The number of aromatic nitrogens is 2. The largest absolute Gasteiger partial charge is 0.416 e. The van der Waals surface area contributed by atoms with Crippen molar-refractivity contribution in [1.29, 1.82) is 0 Å². The van der Waals surface area contributed by atoms with E-state index in [0.29, 0.717) is 72.4 Å². The molecule has 4 rings (SSSR count). The van der Waals surface area contributed by atoms with Gasteiger partial charge in [0.15, 0.2) is 5.16 Å². The summed E-state index contributed by atoms with van der Waals surface area (Å²) < 4.78 is 39.4. The molecule has 3 N–H and O–H groups in total. The molecule has 1 fully saturated rings. The molecule has 41 heavy (non-hydrogen) atoms. The number of alkyl halides is 3. The summed E-state index contributed by atoms with van der Waals surface area (Å²) in [7, 11) is 0. The predicted octanol–water partition coefficient (Wildman–Crippen LogP) is 6.02. The molecular weight excluding hydrogens is 573 g/mol. The molecular formula is C29H34ClF3N6OS. The summed E-state index contributed by atoms with van der Waals surface area (Å²) in [6, 6.07) is 14.6. The zero-order valence-electron chi connectivity index (χ0n) is 22.7. The van der Waals surface area contributed by atoms with Crippen molar-refractivity contribution in [2.45, 2.75) is 42.8 Å². The van der Waals surface area contributed by atoms with Crippen LogP contribution in [0.4, 0.5) is 24.7 Å². The summed E-state index contributed by atoms with van der Waals surface area (Å²) in [5, 5.41) is 3.80. The van der Waals surface area contributed by atoms with Gasteiger partial charge in [-0.1, -0.05) is 54.4 Å². The number of hydrogen-bond donors (Lipinski definition) is 2. The number of carbonyl (C=O) groups excluding carboxylic acids is 1. The van der Waals surface area contributed by atoms with Crippen LogP contribution in [0.5, 0.6) is 0 Å². The maximum Gasteiger partial charge on any atom is 0.416 e. The first-order valence-corrected chi connectivity index (χ1v) is 15.0. The summed E-state index contributed by atoms with van der Waals surface area (Å²) >= 11 is 7.75. The minimum atomic E-state index is -4.37. The van der Waals surface area contributed by atoms with Crippen LogP contribution in [0.25, 0.3) is 0 Å². The molecule has 0 bridgehead atoms. The van der Waals surface area contributed by atoms with E-state index in [-0.39, 0.29) is 5.91 Å². The number of hydrogen-bond acceptors (Lipinski definition) is 7. The van der Waals surface area contributed by atoms with Gasteiger partial charge < -0.3 is 20.9 Å². The fourth-order valence-electron chi connectivity index (χ4n) is 4.56. The lowest BCUT2D eigenvalue weighted by Crippen LogP contribution is -2.47. The lowest BCUT2D eigenvalue weighted by molar-refractivity contribution is -0.137. The molecule has 2 heterocycles. The number of rotatable bonds is 12. The van der Waals surface area contributed by atoms with E-state index in [9.17, 15) is 18.0 Å². The van der Waals surface area contributed by atoms with Crippen LogP contribution in [0.3, 0.4) is 0 Å². The van der Waals surface area contributed by atoms with Crippen molar-refractivity contribution in [3.8, 4) is 0 Å². The van der Waals surface area contributed by atoms with Gasteiger partial charge in [0, 0.05) is 55.8 Å². The van der Waals surface area contributed by atoms with Gasteiger partial charge >= 0.3 is 6.18 Å². The van der Waals surface area contributed by atoms with E-state index in [4.69, 9.17) is 17.3 Å². The van der Waals surface area contributed by atoms with Crippen molar-refractivity contribution in [1.82, 2.24) is 15.3 Å². The lowest BCUT2D eigenvalue weighted by atomic mass is 10.1. The van der Waals surface area contributed by atoms with E-state index in [1.54, 1.807) is 18.2 Å². The number of nitrogens with one attached hydrogen (secondary N) is 1. The summed E-state index contributed by atoms with van der Waals surface area (Å²) in [4.78, 5) is 25.6. The third kappa shape index (κ3) is 9.24. The number of piperazine rings is 1. The minimum Gasteiger partial charge on any atom is -0.368 e. The van der Waals surface area contributed by atoms with Crippen LogP contribution in [-0.2, 0) is 11.9 Å². The lowest BCUT2D eigenvalue weighted by Gasteiger charge is -2.37. The van der Waals surface area contributed by atoms with E-state index in [1.807, 2.05) is 23.1 Å². The van der Waals surface area contributed by atoms with Crippen LogP contribution in [0.1, 0.15) is 47.2 Å². The van der Waals surface area contributed by atoms with Crippen LogP contribution in [0, 0.1) is 0 Å². The Labute approximate surface area is 247 Å². The van der Waals surface area contributed by atoms with Gasteiger partial charge in [0.05, 0.1) is 5.56 Å². The molecule has 0 spiro atoms. The summed E-state index contributed by atoms with van der Waals surface area (Å²) in [5.74, 6) is 1.14. The highest BCUT2D eigenvalue weighted by Crippen LogP contribution is 2.32. The maximum atomic E-state index is 13.1. The van der Waals surface area contributed by atoms with Gasteiger partial charge in [0.2, 0.25) is 0 Å². The maximum absolute atomic E-state index is 13.1. The number of anilines is 2. The van der Waals surface area contributed by atoms with Crippen molar-refractivity contribution in [3.05, 3.63) is 76.4 Å². The average molecular weight is 607 g/mol. The third-order valence-corrected chi connectivity index (χ3v) is 7.89. The Morgan fingerprint density at radius 3 is 2.44 bits per heavy atom. The highest BCUT2D eigenvalue weighted by atomic mass is 35.5. The Bertz CT molecular complexity index is 1300. The summed E-state index contributed by atoms with van der Waals surface area (Å²) in [6.07, 6.45) is -0.327. The molecule has 1 aromatic heterocycles. The monoisotopic (exact) mass is 606 g/mol. The second-order valence-corrected chi connectivity index (χ2v) is 11.1. The summed E-state index contributed by atoms with van der Waals surface area (Å²) in [6.45, 7) is 3.59. The van der Waals surface area contributed by atoms with E-state index in [1.165, 1.54) is 23.9 Å². The van der Waals surface area contributed by atoms with Gasteiger partial charge in [-0.3, -0.25) is 4.79 Å². The molecule has 12 heteroatoms. The molecule has 0 aliphatic carbocycles. The molecule has 1 aliphatic rings. The van der Waals surface area contributed by atoms with Crippen molar-refractivity contribution >= 4 is 40.8 Å². The average Bonchev–Trinajstić information content (AvgIpc) is 2.97. The quantitative estimate of drug-likeness (QED) is 0.113. The molecule has 0 saturated carbocycles. The highest BCUT2D eigenvalue weighted by molar-refractivity contribution is 7.98. The van der Waals surface area contributed by atoms with Crippen LogP contribution in [-0.4, -0.2) is 55.1 Å². The van der Waals surface area contributed by atoms with Crippen molar-refractivity contribution in [2.24, 2.45) is 5.73 Å². The third-order valence-electron chi connectivity index (χ3n) is 6.78. The SMILES string of the molecule is NCCCCCCNC(=O)c1cccc(CSc2nc(Cl)cc(N3CCN(c4cccc(C(F)(F)F)c4)CC3)n2)c1. The highest BCUT2D eigenvalue weighted by Gasteiger charge is 2.31. The minimum absolute atomic E-state index is 0.0961. The van der Waals surface area contributed by atoms with Gasteiger partial charge in [0.1, 0.15) is 11.0 Å².